The summed E-state index contributed by atoms with van der Waals surface area (Å²) in [6.45, 7) is 1.82. The smallest absolute Gasteiger partial charge is 0.340 e. The highest BCUT2D eigenvalue weighted by Crippen LogP contribution is 2.44. The van der Waals surface area contributed by atoms with Crippen molar-refractivity contribution in [3.05, 3.63) is 86.5 Å². The van der Waals surface area contributed by atoms with Gasteiger partial charge in [-0.3, -0.25) is 4.79 Å². The van der Waals surface area contributed by atoms with Gasteiger partial charge in [0.15, 0.2) is 0 Å². The Hall–Kier alpha value is -3.19. The Balaban J connectivity index is 2.03. The van der Waals surface area contributed by atoms with E-state index in [0.717, 1.165) is 21.4 Å². The predicted octanol–water partition coefficient (Wildman–Crippen LogP) is 3.66. The summed E-state index contributed by atoms with van der Waals surface area (Å²) in [7, 11) is 0. The predicted molar refractivity (Wildman–Crippen MR) is 105 cm³/mol. The molecule has 1 atom stereocenters. The van der Waals surface area contributed by atoms with Crippen LogP contribution in [0.2, 0.25) is 0 Å². The lowest BCUT2D eigenvalue weighted by molar-refractivity contribution is -0.139. The Bertz CT molecular complexity index is 1170. The van der Waals surface area contributed by atoms with Gasteiger partial charge in [-0.05, 0) is 36.8 Å². The summed E-state index contributed by atoms with van der Waals surface area (Å²) in [5.74, 6) is -1.70. The molecule has 28 heavy (non-hydrogen) atoms. The van der Waals surface area contributed by atoms with Gasteiger partial charge in [0.25, 0.3) is 0 Å². The molecule has 142 valence electrons. The highest BCUT2D eigenvalue weighted by molar-refractivity contribution is 7.16. The van der Waals surface area contributed by atoms with Crippen molar-refractivity contribution in [3.8, 4) is 5.75 Å². The Morgan fingerprint density at radius 1 is 1.21 bits per heavy atom. The fourth-order valence-electron chi connectivity index (χ4n) is 3.36. The minimum absolute atomic E-state index is 0.0422. The number of carbonyl (C=O) groups excluding carboxylic acids is 1. The third-order valence-corrected chi connectivity index (χ3v) is 5.53. The molecule has 0 spiro atoms. The number of ether oxygens (including phenoxy) is 2. The summed E-state index contributed by atoms with van der Waals surface area (Å²) in [6.07, 6.45) is 0. The van der Waals surface area contributed by atoms with Gasteiger partial charge in [-0.2, -0.15) is 0 Å². The standard InChI is InChI=1S/C21H16FNO4S/c1-2-26-20(24)17-15(11-7-9-12(22)10-8-11)16-18(27-19(17)23)13-5-3-4-6-14(13)28-21(16)25/h3-10,15H,2,23H2,1H3/t15-/m0/s1. The Kier molecular flexibility index (Phi) is 4.60. The maximum Gasteiger partial charge on any atom is 0.340 e. The van der Waals surface area contributed by atoms with E-state index in [1.165, 1.54) is 24.3 Å². The molecule has 0 radical (unpaired) electrons. The van der Waals surface area contributed by atoms with E-state index < -0.39 is 17.7 Å². The number of fused-ring (bicyclic) bond motifs is 3. The molecule has 1 aromatic heterocycles. The molecule has 0 bridgehead atoms. The Morgan fingerprint density at radius 2 is 1.93 bits per heavy atom. The molecule has 0 aliphatic carbocycles. The summed E-state index contributed by atoms with van der Waals surface area (Å²) in [5.41, 5.74) is 7.00. The van der Waals surface area contributed by atoms with Crippen LogP contribution in [-0.4, -0.2) is 12.6 Å². The summed E-state index contributed by atoms with van der Waals surface area (Å²) >= 11 is 1.06. The van der Waals surface area contributed by atoms with Crippen LogP contribution < -0.4 is 15.2 Å². The van der Waals surface area contributed by atoms with E-state index >= 15 is 0 Å². The van der Waals surface area contributed by atoms with Gasteiger partial charge >= 0.3 is 5.97 Å². The van der Waals surface area contributed by atoms with Crippen LogP contribution in [0.5, 0.6) is 5.75 Å². The molecule has 2 heterocycles. The minimum atomic E-state index is -0.809. The fraction of sp³-hybridized carbons (Fsp3) is 0.143. The van der Waals surface area contributed by atoms with Crippen molar-refractivity contribution in [1.82, 2.24) is 0 Å². The van der Waals surface area contributed by atoms with Crippen molar-refractivity contribution >= 4 is 27.4 Å². The van der Waals surface area contributed by atoms with Crippen LogP contribution in [0.25, 0.3) is 10.1 Å². The second-order valence-electron chi connectivity index (χ2n) is 6.21. The number of hydrogen-bond donors (Lipinski definition) is 1. The molecule has 0 fully saturated rings. The number of rotatable bonds is 3. The highest BCUT2D eigenvalue weighted by Gasteiger charge is 2.38. The Morgan fingerprint density at radius 3 is 2.64 bits per heavy atom. The second-order valence-corrected chi connectivity index (χ2v) is 7.23. The van der Waals surface area contributed by atoms with Crippen molar-refractivity contribution < 1.29 is 18.7 Å². The van der Waals surface area contributed by atoms with Crippen LogP contribution in [0, 0.1) is 5.82 Å². The SMILES string of the molecule is CCOC(=O)C1=C(N)Oc2c(c(=O)sc3ccccc23)[C@@H]1c1ccc(F)cc1. The first-order chi connectivity index (χ1) is 13.5. The van der Waals surface area contributed by atoms with Crippen LogP contribution >= 0.6 is 11.3 Å². The monoisotopic (exact) mass is 397 g/mol. The number of hydrogen-bond acceptors (Lipinski definition) is 6. The number of esters is 1. The van der Waals surface area contributed by atoms with Crippen molar-refractivity contribution in [2.24, 2.45) is 5.73 Å². The van der Waals surface area contributed by atoms with E-state index in [1.807, 2.05) is 24.3 Å². The number of carbonyl (C=O) groups is 1. The zero-order valence-electron chi connectivity index (χ0n) is 14.9. The highest BCUT2D eigenvalue weighted by atomic mass is 32.1. The molecule has 5 nitrogen and oxygen atoms in total. The molecule has 0 saturated heterocycles. The van der Waals surface area contributed by atoms with Crippen molar-refractivity contribution in [1.29, 1.82) is 0 Å². The van der Waals surface area contributed by atoms with E-state index in [-0.39, 0.29) is 22.8 Å². The average Bonchev–Trinajstić information content (AvgIpc) is 2.68. The van der Waals surface area contributed by atoms with Gasteiger partial charge in [0.05, 0.1) is 18.1 Å². The lowest BCUT2D eigenvalue weighted by atomic mass is 9.83. The molecular weight excluding hydrogens is 381 g/mol. The molecular formula is C21H16FNO4S. The summed E-state index contributed by atoms with van der Waals surface area (Å²) in [4.78, 5) is 25.6. The van der Waals surface area contributed by atoms with E-state index in [2.05, 4.69) is 0 Å². The van der Waals surface area contributed by atoms with Gasteiger partial charge in [-0.15, -0.1) is 0 Å². The number of nitrogens with two attached hydrogens (primary N) is 1. The average molecular weight is 397 g/mol. The normalized spacial score (nSPS) is 15.9. The van der Waals surface area contributed by atoms with Gasteiger partial charge in [-0.1, -0.05) is 35.6 Å². The Labute approximate surface area is 163 Å². The molecule has 1 aliphatic rings. The van der Waals surface area contributed by atoms with Gasteiger partial charge in [0.1, 0.15) is 17.1 Å². The van der Waals surface area contributed by atoms with Crippen molar-refractivity contribution in [2.45, 2.75) is 12.8 Å². The van der Waals surface area contributed by atoms with E-state index in [1.54, 1.807) is 6.92 Å². The van der Waals surface area contributed by atoms with Crippen LogP contribution in [0.3, 0.4) is 0 Å². The van der Waals surface area contributed by atoms with E-state index in [9.17, 15) is 14.0 Å². The van der Waals surface area contributed by atoms with Gasteiger partial charge < -0.3 is 15.2 Å². The van der Waals surface area contributed by atoms with Crippen LogP contribution in [-0.2, 0) is 9.53 Å². The first-order valence-corrected chi connectivity index (χ1v) is 9.48. The van der Waals surface area contributed by atoms with Gasteiger partial charge in [0.2, 0.25) is 10.6 Å². The molecule has 4 rings (SSSR count). The summed E-state index contributed by atoms with van der Waals surface area (Å²) in [5, 5.41) is 0.722. The third-order valence-electron chi connectivity index (χ3n) is 4.55. The number of halogens is 1. The van der Waals surface area contributed by atoms with Gasteiger partial charge in [0, 0.05) is 10.1 Å². The quantitative estimate of drug-likeness (QED) is 0.683. The second kappa shape index (κ2) is 7.09. The largest absolute Gasteiger partial charge is 0.462 e. The topological polar surface area (TPSA) is 78.6 Å². The zero-order chi connectivity index (χ0) is 19.8. The fourth-order valence-corrected chi connectivity index (χ4v) is 4.30. The summed E-state index contributed by atoms with van der Waals surface area (Å²) < 4.78 is 24.9. The van der Waals surface area contributed by atoms with Crippen molar-refractivity contribution in [2.75, 3.05) is 6.61 Å². The maximum absolute atomic E-state index is 13.5. The molecule has 0 unspecified atom stereocenters. The number of benzene rings is 2. The maximum atomic E-state index is 13.5. The van der Waals surface area contributed by atoms with Crippen LogP contribution in [0.15, 0.2) is 64.8 Å². The molecule has 0 saturated carbocycles. The van der Waals surface area contributed by atoms with E-state index in [0.29, 0.717) is 16.9 Å². The van der Waals surface area contributed by atoms with E-state index in [4.69, 9.17) is 15.2 Å². The molecule has 2 aromatic carbocycles. The lowest BCUT2D eigenvalue weighted by Gasteiger charge is -2.28. The molecule has 2 N–H and O–H groups in total. The third kappa shape index (κ3) is 2.93. The molecule has 3 aromatic rings. The van der Waals surface area contributed by atoms with Gasteiger partial charge in [-0.25, -0.2) is 9.18 Å². The first kappa shape index (κ1) is 18.2. The van der Waals surface area contributed by atoms with Crippen LogP contribution in [0.4, 0.5) is 4.39 Å². The zero-order valence-corrected chi connectivity index (χ0v) is 15.7. The van der Waals surface area contributed by atoms with Crippen LogP contribution in [0.1, 0.15) is 24.0 Å². The molecule has 1 aliphatic heterocycles. The molecule has 0 amide bonds. The first-order valence-electron chi connectivity index (χ1n) is 8.67. The van der Waals surface area contributed by atoms with Crippen molar-refractivity contribution in [3.63, 3.8) is 0 Å². The molecule has 7 heteroatoms. The minimum Gasteiger partial charge on any atom is -0.462 e. The lowest BCUT2D eigenvalue weighted by Crippen LogP contribution is -2.30. The summed E-state index contributed by atoms with van der Waals surface area (Å²) in [6, 6.07) is 12.9.